The van der Waals surface area contributed by atoms with E-state index in [0.717, 1.165) is 5.56 Å². The Bertz CT molecular complexity index is 535. The van der Waals surface area contributed by atoms with Crippen molar-refractivity contribution in [2.75, 3.05) is 13.3 Å². The van der Waals surface area contributed by atoms with Crippen LogP contribution in [0.25, 0.3) is 0 Å². The molecular weight excluding hydrogens is 269 g/mol. The minimum Gasteiger partial charge on any atom is -0.493 e. The van der Waals surface area contributed by atoms with E-state index in [9.17, 15) is 12.8 Å². The third-order valence-electron chi connectivity index (χ3n) is 2.62. The van der Waals surface area contributed by atoms with Gasteiger partial charge in [-0.25, -0.2) is 13.6 Å². The predicted molar refractivity (Wildman–Crippen MR) is 72.6 cm³/mol. The first-order valence-corrected chi connectivity index (χ1v) is 7.57. The first-order chi connectivity index (χ1) is 8.66. The molecule has 0 aliphatic heterocycles. The summed E-state index contributed by atoms with van der Waals surface area (Å²) >= 11 is 0. The van der Waals surface area contributed by atoms with Crippen molar-refractivity contribution >= 4 is 10.0 Å². The molecule has 0 aliphatic rings. The molecule has 0 fully saturated rings. The third kappa shape index (κ3) is 4.47. The molecule has 0 atom stereocenters. The second-order valence-electron chi connectivity index (χ2n) is 5.34. The average Bonchev–Trinajstić information content (AvgIpc) is 2.27. The lowest BCUT2D eigenvalue weighted by molar-refractivity contribution is 0.283. The number of nitrogens with two attached hydrogens (primary N) is 1. The van der Waals surface area contributed by atoms with Gasteiger partial charge in [0.25, 0.3) is 0 Å². The Balaban J connectivity index is 3.18. The fourth-order valence-electron chi connectivity index (χ4n) is 1.63. The number of sulfonamides is 1. The summed E-state index contributed by atoms with van der Waals surface area (Å²) in [5, 5.41) is 5.12. The summed E-state index contributed by atoms with van der Waals surface area (Å²) in [6, 6.07) is 4.48. The van der Waals surface area contributed by atoms with Crippen molar-refractivity contribution in [1.29, 1.82) is 0 Å². The second kappa shape index (κ2) is 5.88. The summed E-state index contributed by atoms with van der Waals surface area (Å²) in [7, 11) is -3.74. The van der Waals surface area contributed by atoms with Gasteiger partial charge in [0.05, 0.1) is 18.2 Å². The summed E-state index contributed by atoms with van der Waals surface area (Å²) in [6.07, 6.45) is 0.306. The quantitative estimate of drug-likeness (QED) is 0.846. The molecule has 0 amide bonds. The minimum absolute atomic E-state index is 0.0512. The zero-order valence-corrected chi connectivity index (χ0v) is 12.3. The van der Waals surface area contributed by atoms with Gasteiger partial charge in [0, 0.05) is 12.0 Å². The van der Waals surface area contributed by atoms with Gasteiger partial charge in [-0.1, -0.05) is 20.8 Å². The predicted octanol–water partition coefficient (Wildman–Crippen LogP) is 2.37. The SMILES string of the molecule is CC(C)(C)c1cc(S(N)(=O)=O)ccc1OCCCF. The lowest BCUT2D eigenvalue weighted by Gasteiger charge is -2.23. The Morgan fingerprint density at radius 3 is 2.42 bits per heavy atom. The highest BCUT2D eigenvalue weighted by molar-refractivity contribution is 7.89. The molecule has 19 heavy (non-hydrogen) atoms. The van der Waals surface area contributed by atoms with Gasteiger partial charge in [0.15, 0.2) is 0 Å². The van der Waals surface area contributed by atoms with Crippen LogP contribution < -0.4 is 9.88 Å². The van der Waals surface area contributed by atoms with Crippen molar-refractivity contribution in [2.24, 2.45) is 5.14 Å². The van der Waals surface area contributed by atoms with E-state index in [4.69, 9.17) is 9.88 Å². The van der Waals surface area contributed by atoms with Crippen LogP contribution in [0.2, 0.25) is 0 Å². The number of primary sulfonamides is 1. The number of halogens is 1. The molecular formula is C13H20FNO3S. The van der Waals surface area contributed by atoms with Gasteiger partial charge in [0.2, 0.25) is 10.0 Å². The number of rotatable bonds is 5. The second-order valence-corrected chi connectivity index (χ2v) is 6.91. The van der Waals surface area contributed by atoms with Crippen LogP contribution in [0.1, 0.15) is 32.8 Å². The van der Waals surface area contributed by atoms with Gasteiger partial charge in [-0.15, -0.1) is 0 Å². The highest BCUT2D eigenvalue weighted by atomic mass is 32.2. The van der Waals surface area contributed by atoms with Crippen LogP contribution in [0.15, 0.2) is 23.1 Å². The van der Waals surface area contributed by atoms with Gasteiger partial charge < -0.3 is 4.74 Å². The summed E-state index contributed by atoms with van der Waals surface area (Å²) in [5.41, 5.74) is 0.434. The molecule has 2 N–H and O–H groups in total. The summed E-state index contributed by atoms with van der Waals surface area (Å²) < 4.78 is 40.3. The van der Waals surface area contributed by atoms with Crippen LogP contribution >= 0.6 is 0 Å². The Morgan fingerprint density at radius 1 is 1.32 bits per heavy atom. The number of benzene rings is 1. The first-order valence-electron chi connectivity index (χ1n) is 6.02. The van der Waals surface area contributed by atoms with Gasteiger partial charge >= 0.3 is 0 Å². The topological polar surface area (TPSA) is 69.4 Å². The standard InChI is InChI=1S/C13H20FNO3S/c1-13(2,3)11-9-10(19(15,16)17)5-6-12(11)18-8-4-7-14/h5-6,9H,4,7-8H2,1-3H3,(H2,15,16,17). The van der Waals surface area contributed by atoms with Crippen LogP contribution in [-0.4, -0.2) is 21.7 Å². The molecule has 1 rings (SSSR count). The number of hydrogen-bond acceptors (Lipinski definition) is 3. The fraction of sp³-hybridized carbons (Fsp3) is 0.538. The monoisotopic (exact) mass is 289 g/mol. The minimum atomic E-state index is -3.74. The van der Waals surface area contributed by atoms with Gasteiger partial charge in [0.1, 0.15) is 5.75 Å². The zero-order valence-electron chi connectivity index (χ0n) is 11.4. The first kappa shape index (κ1) is 15.9. The molecule has 1 aromatic carbocycles. The maximum absolute atomic E-state index is 12.1. The van der Waals surface area contributed by atoms with Gasteiger partial charge in [-0.2, -0.15) is 0 Å². The third-order valence-corrected chi connectivity index (χ3v) is 3.53. The Kier molecular flexibility index (Phi) is 4.92. The van der Waals surface area contributed by atoms with E-state index in [0.29, 0.717) is 12.2 Å². The molecule has 0 unspecified atom stereocenters. The maximum Gasteiger partial charge on any atom is 0.238 e. The molecule has 0 aromatic heterocycles. The van der Waals surface area contributed by atoms with Crippen molar-refractivity contribution in [3.05, 3.63) is 23.8 Å². The van der Waals surface area contributed by atoms with Crippen molar-refractivity contribution in [3.63, 3.8) is 0 Å². The molecule has 0 spiro atoms. The van der Waals surface area contributed by atoms with Crippen LogP contribution in [0.5, 0.6) is 5.75 Å². The molecule has 0 bridgehead atoms. The van der Waals surface area contributed by atoms with Crippen LogP contribution in [-0.2, 0) is 15.4 Å². The highest BCUT2D eigenvalue weighted by Gasteiger charge is 2.22. The maximum atomic E-state index is 12.1. The Labute approximate surface area is 113 Å². The molecule has 108 valence electrons. The van der Waals surface area contributed by atoms with Crippen molar-refractivity contribution < 1.29 is 17.5 Å². The molecule has 0 heterocycles. The highest BCUT2D eigenvalue weighted by Crippen LogP contribution is 2.33. The van der Waals surface area contributed by atoms with E-state index in [1.807, 2.05) is 20.8 Å². The molecule has 6 heteroatoms. The van der Waals surface area contributed by atoms with E-state index in [1.165, 1.54) is 12.1 Å². The van der Waals surface area contributed by atoms with E-state index in [2.05, 4.69) is 0 Å². The molecule has 0 saturated carbocycles. The van der Waals surface area contributed by atoms with Crippen molar-refractivity contribution in [3.8, 4) is 5.75 Å². The number of ether oxygens (including phenoxy) is 1. The Hall–Kier alpha value is -1.14. The lowest BCUT2D eigenvalue weighted by atomic mass is 9.86. The summed E-state index contributed by atoms with van der Waals surface area (Å²) in [5.74, 6) is 0.563. The van der Waals surface area contributed by atoms with Gasteiger partial charge in [-0.3, -0.25) is 4.39 Å². The normalized spacial score (nSPS) is 12.5. The van der Waals surface area contributed by atoms with Crippen molar-refractivity contribution in [2.45, 2.75) is 37.5 Å². The lowest BCUT2D eigenvalue weighted by Crippen LogP contribution is -2.17. The molecule has 4 nitrogen and oxygen atoms in total. The molecule has 1 aromatic rings. The fourth-order valence-corrected chi connectivity index (χ4v) is 2.17. The summed E-state index contributed by atoms with van der Waals surface area (Å²) in [6.45, 7) is 5.64. The van der Waals surface area contributed by atoms with Crippen LogP contribution in [0, 0.1) is 0 Å². The smallest absolute Gasteiger partial charge is 0.238 e. The molecule has 0 saturated heterocycles. The largest absolute Gasteiger partial charge is 0.493 e. The van der Waals surface area contributed by atoms with E-state index >= 15 is 0 Å². The number of alkyl halides is 1. The van der Waals surface area contributed by atoms with E-state index in [-0.39, 0.29) is 16.9 Å². The number of hydrogen-bond donors (Lipinski definition) is 1. The zero-order chi connectivity index (χ0) is 14.7. The van der Waals surface area contributed by atoms with Crippen LogP contribution in [0.3, 0.4) is 0 Å². The van der Waals surface area contributed by atoms with Crippen molar-refractivity contribution in [1.82, 2.24) is 0 Å². The van der Waals surface area contributed by atoms with E-state index in [1.54, 1.807) is 6.07 Å². The average molecular weight is 289 g/mol. The van der Waals surface area contributed by atoms with Gasteiger partial charge in [-0.05, 0) is 23.6 Å². The van der Waals surface area contributed by atoms with E-state index < -0.39 is 16.7 Å². The molecule has 0 aliphatic carbocycles. The van der Waals surface area contributed by atoms with Crippen LogP contribution in [0.4, 0.5) is 4.39 Å². The Morgan fingerprint density at radius 2 is 1.95 bits per heavy atom. The summed E-state index contributed by atoms with van der Waals surface area (Å²) in [4.78, 5) is 0.0512. The molecule has 0 radical (unpaired) electrons.